The molecule has 0 amide bonds. The van der Waals surface area contributed by atoms with Crippen LogP contribution in [-0.4, -0.2) is 37.4 Å². The summed E-state index contributed by atoms with van der Waals surface area (Å²) >= 11 is 0. The van der Waals surface area contributed by atoms with Crippen LogP contribution in [0.2, 0.25) is 0 Å². The number of nitrogens with zero attached hydrogens (tertiary/aromatic N) is 4. The highest BCUT2D eigenvalue weighted by molar-refractivity contribution is 5.21. The number of aromatic nitrogens is 3. The van der Waals surface area contributed by atoms with Crippen molar-refractivity contribution in [1.29, 1.82) is 0 Å². The molecule has 0 unspecified atom stereocenters. The number of hydrogen-bond acceptors (Lipinski definition) is 4. The van der Waals surface area contributed by atoms with Gasteiger partial charge in [-0.25, -0.2) is 14.1 Å². The standard InChI is InChI=1S/C16H21FN4O/c1-2-7-21-16(18-11-19-21)10-20-9-14(22)8-15(20)12-3-5-13(17)6-4-12/h3-6,11,14-15,22H,2,7-10H2,1H3/t14-,15-/m1/s1. The van der Waals surface area contributed by atoms with Crippen LogP contribution in [0.1, 0.15) is 37.2 Å². The minimum Gasteiger partial charge on any atom is -0.392 e. The van der Waals surface area contributed by atoms with E-state index in [2.05, 4.69) is 21.9 Å². The van der Waals surface area contributed by atoms with Crippen molar-refractivity contribution in [3.05, 3.63) is 47.8 Å². The summed E-state index contributed by atoms with van der Waals surface area (Å²) in [4.78, 5) is 6.52. The molecule has 1 aliphatic heterocycles. The van der Waals surface area contributed by atoms with E-state index in [-0.39, 0.29) is 18.0 Å². The van der Waals surface area contributed by atoms with Gasteiger partial charge < -0.3 is 5.11 Å². The Bertz CT molecular complexity index is 613. The fourth-order valence-corrected chi connectivity index (χ4v) is 3.08. The van der Waals surface area contributed by atoms with Gasteiger partial charge in [-0.15, -0.1) is 0 Å². The summed E-state index contributed by atoms with van der Waals surface area (Å²) in [5.41, 5.74) is 1.03. The Morgan fingerprint density at radius 2 is 2.09 bits per heavy atom. The highest BCUT2D eigenvalue weighted by Crippen LogP contribution is 2.33. The Morgan fingerprint density at radius 3 is 2.82 bits per heavy atom. The van der Waals surface area contributed by atoms with Gasteiger partial charge in [0.2, 0.25) is 0 Å². The summed E-state index contributed by atoms with van der Waals surface area (Å²) in [6.07, 6.45) is 2.87. The first-order valence-electron chi connectivity index (χ1n) is 7.71. The molecule has 118 valence electrons. The maximum absolute atomic E-state index is 13.1. The third-order valence-electron chi connectivity index (χ3n) is 4.11. The monoisotopic (exact) mass is 304 g/mol. The zero-order valence-electron chi connectivity index (χ0n) is 12.7. The summed E-state index contributed by atoms with van der Waals surface area (Å²) < 4.78 is 15.0. The number of halogens is 1. The molecule has 2 heterocycles. The van der Waals surface area contributed by atoms with Gasteiger partial charge in [-0.05, 0) is 30.5 Å². The lowest BCUT2D eigenvalue weighted by Gasteiger charge is -2.24. The van der Waals surface area contributed by atoms with Crippen LogP contribution in [-0.2, 0) is 13.1 Å². The molecule has 1 aromatic heterocycles. The van der Waals surface area contributed by atoms with E-state index in [1.54, 1.807) is 18.5 Å². The molecule has 1 N–H and O–H groups in total. The Morgan fingerprint density at radius 1 is 1.32 bits per heavy atom. The SMILES string of the molecule is CCCn1ncnc1CN1C[C@H](O)C[C@@H]1c1ccc(F)cc1. The smallest absolute Gasteiger partial charge is 0.141 e. The lowest BCUT2D eigenvalue weighted by atomic mass is 10.0. The highest BCUT2D eigenvalue weighted by Gasteiger charge is 2.32. The molecular formula is C16H21FN4O. The molecule has 6 heteroatoms. The van der Waals surface area contributed by atoms with Crippen LogP contribution in [0.25, 0.3) is 0 Å². The fraction of sp³-hybridized carbons (Fsp3) is 0.500. The van der Waals surface area contributed by atoms with Crippen molar-refractivity contribution in [1.82, 2.24) is 19.7 Å². The molecule has 0 saturated carbocycles. The molecule has 1 saturated heterocycles. The Labute approximate surface area is 129 Å². The van der Waals surface area contributed by atoms with E-state index in [9.17, 15) is 9.50 Å². The van der Waals surface area contributed by atoms with Gasteiger partial charge in [0, 0.05) is 19.1 Å². The normalized spacial score (nSPS) is 22.3. The highest BCUT2D eigenvalue weighted by atomic mass is 19.1. The summed E-state index contributed by atoms with van der Waals surface area (Å²) in [6.45, 7) is 4.18. The quantitative estimate of drug-likeness (QED) is 0.919. The molecule has 1 aliphatic rings. The van der Waals surface area contributed by atoms with Crippen LogP contribution < -0.4 is 0 Å². The van der Waals surface area contributed by atoms with Crippen molar-refractivity contribution in [3.8, 4) is 0 Å². The zero-order valence-corrected chi connectivity index (χ0v) is 12.7. The van der Waals surface area contributed by atoms with Crippen molar-refractivity contribution >= 4 is 0 Å². The van der Waals surface area contributed by atoms with Gasteiger partial charge in [-0.3, -0.25) is 4.90 Å². The van der Waals surface area contributed by atoms with Gasteiger partial charge in [-0.2, -0.15) is 5.10 Å². The van der Waals surface area contributed by atoms with E-state index < -0.39 is 0 Å². The summed E-state index contributed by atoms with van der Waals surface area (Å²) in [5.74, 6) is 0.666. The average Bonchev–Trinajstić information content (AvgIpc) is 3.08. The van der Waals surface area contributed by atoms with Crippen molar-refractivity contribution in [3.63, 3.8) is 0 Å². The number of aliphatic hydroxyl groups is 1. The maximum atomic E-state index is 13.1. The second-order valence-electron chi connectivity index (χ2n) is 5.79. The van der Waals surface area contributed by atoms with Gasteiger partial charge >= 0.3 is 0 Å². The Hall–Kier alpha value is -1.79. The number of aryl methyl sites for hydroxylation is 1. The Balaban J connectivity index is 1.78. The first-order valence-corrected chi connectivity index (χ1v) is 7.71. The second kappa shape index (κ2) is 6.54. The number of hydrogen-bond donors (Lipinski definition) is 1. The number of rotatable bonds is 5. The van der Waals surface area contributed by atoms with Gasteiger partial charge in [0.15, 0.2) is 0 Å². The summed E-state index contributed by atoms with van der Waals surface area (Å²) in [7, 11) is 0. The molecule has 0 aliphatic carbocycles. The van der Waals surface area contributed by atoms with Crippen molar-refractivity contribution in [2.45, 2.75) is 45.0 Å². The fourth-order valence-electron chi connectivity index (χ4n) is 3.08. The molecule has 1 fully saturated rings. The molecule has 0 spiro atoms. The van der Waals surface area contributed by atoms with E-state index in [1.165, 1.54) is 12.1 Å². The molecule has 3 rings (SSSR count). The van der Waals surface area contributed by atoms with E-state index >= 15 is 0 Å². The van der Waals surface area contributed by atoms with E-state index in [0.717, 1.165) is 24.4 Å². The average molecular weight is 304 g/mol. The zero-order chi connectivity index (χ0) is 15.5. The molecule has 22 heavy (non-hydrogen) atoms. The largest absolute Gasteiger partial charge is 0.392 e. The molecular weight excluding hydrogens is 283 g/mol. The molecule has 1 aromatic carbocycles. The summed E-state index contributed by atoms with van der Waals surface area (Å²) in [6, 6.07) is 6.61. The van der Waals surface area contributed by atoms with Crippen LogP contribution in [0.15, 0.2) is 30.6 Å². The predicted molar refractivity (Wildman–Crippen MR) is 80.5 cm³/mol. The van der Waals surface area contributed by atoms with Gasteiger partial charge in [0.1, 0.15) is 18.0 Å². The molecule has 5 nitrogen and oxygen atoms in total. The summed E-state index contributed by atoms with van der Waals surface area (Å²) in [5, 5.41) is 14.3. The van der Waals surface area contributed by atoms with E-state index in [0.29, 0.717) is 19.5 Å². The number of benzene rings is 1. The predicted octanol–water partition coefficient (Wildman–Crippen LogP) is 2.14. The van der Waals surface area contributed by atoms with Crippen LogP contribution in [0.5, 0.6) is 0 Å². The molecule has 2 aromatic rings. The number of likely N-dealkylation sites (tertiary alicyclic amines) is 1. The van der Waals surface area contributed by atoms with Crippen LogP contribution >= 0.6 is 0 Å². The van der Waals surface area contributed by atoms with Crippen LogP contribution in [0, 0.1) is 5.82 Å². The molecule has 0 bridgehead atoms. The van der Waals surface area contributed by atoms with Gasteiger partial charge in [0.25, 0.3) is 0 Å². The minimum atomic E-state index is -0.363. The van der Waals surface area contributed by atoms with Crippen molar-refractivity contribution in [2.24, 2.45) is 0 Å². The molecule has 0 radical (unpaired) electrons. The number of β-amino-alcohol motifs (C(OH)–C–C–N with tert-alkyl or cyclic N) is 1. The second-order valence-corrected chi connectivity index (χ2v) is 5.79. The van der Waals surface area contributed by atoms with Gasteiger partial charge in [0.05, 0.1) is 12.6 Å². The third kappa shape index (κ3) is 3.18. The third-order valence-corrected chi connectivity index (χ3v) is 4.11. The van der Waals surface area contributed by atoms with E-state index in [4.69, 9.17) is 0 Å². The molecule has 2 atom stereocenters. The van der Waals surface area contributed by atoms with Crippen molar-refractivity contribution in [2.75, 3.05) is 6.54 Å². The minimum absolute atomic E-state index is 0.0855. The maximum Gasteiger partial charge on any atom is 0.141 e. The van der Waals surface area contributed by atoms with E-state index in [1.807, 2.05) is 4.68 Å². The van der Waals surface area contributed by atoms with Crippen molar-refractivity contribution < 1.29 is 9.50 Å². The Kier molecular flexibility index (Phi) is 4.49. The first kappa shape index (κ1) is 15.1. The first-order chi connectivity index (χ1) is 10.7. The van der Waals surface area contributed by atoms with Gasteiger partial charge in [-0.1, -0.05) is 19.1 Å². The lowest BCUT2D eigenvalue weighted by molar-refractivity contribution is 0.170. The topological polar surface area (TPSA) is 54.2 Å². The number of aliphatic hydroxyl groups excluding tert-OH is 1. The lowest BCUT2D eigenvalue weighted by Crippen LogP contribution is -2.26. The van der Waals surface area contributed by atoms with Crippen LogP contribution in [0.3, 0.4) is 0 Å². The van der Waals surface area contributed by atoms with Crippen LogP contribution in [0.4, 0.5) is 4.39 Å².